The molecule has 0 aliphatic rings. The molecule has 0 fully saturated rings. The van der Waals surface area contributed by atoms with Crippen LogP contribution in [0.5, 0.6) is 0 Å². The summed E-state index contributed by atoms with van der Waals surface area (Å²) in [6.45, 7) is 4.22. The van der Waals surface area contributed by atoms with Gasteiger partial charge in [-0.1, -0.05) is 267 Å². The zero-order chi connectivity index (χ0) is 56.3. The van der Waals surface area contributed by atoms with Crippen LogP contribution in [0.2, 0.25) is 0 Å². The average molecular weight is 1100 g/mol. The predicted octanol–water partition coefficient (Wildman–Crippen LogP) is 20.0. The second-order valence-corrected chi connectivity index (χ2v) is 24.5. The maximum absolute atomic E-state index is 12.8. The zero-order valence-corrected chi connectivity index (χ0v) is 52.1. The Kier molecular flexibility index (Phi) is 56.6. The Morgan fingerprint density at radius 2 is 0.701 bits per heavy atom. The summed E-state index contributed by atoms with van der Waals surface area (Å²) >= 11 is 0. The van der Waals surface area contributed by atoms with Gasteiger partial charge in [0.15, 0.2) is 6.10 Å². The summed E-state index contributed by atoms with van der Waals surface area (Å²) in [7, 11) is 1.17. The van der Waals surface area contributed by atoms with E-state index in [9.17, 15) is 19.0 Å². The van der Waals surface area contributed by atoms with Crippen LogP contribution in [0.25, 0.3) is 0 Å². The van der Waals surface area contributed by atoms with Gasteiger partial charge in [-0.3, -0.25) is 14.2 Å². The highest BCUT2D eigenvalue weighted by Gasteiger charge is 2.22. The van der Waals surface area contributed by atoms with E-state index < -0.39 is 32.5 Å². The van der Waals surface area contributed by atoms with E-state index in [0.717, 1.165) is 70.6 Å². The third-order valence-electron chi connectivity index (χ3n) is 14.3. The van der Waals surface area contributed by atoms with Gasteiger partial charge < -0.3 is 27.9 Å². The number of phosphoric ester groups is 1. The zero-order valence-electron chi connectivity index (χ0n) is 51.2. The van der Waals surface area contributed by atoms with E-state index in [2.05, 4.69) is 74.6 Å². The molecular formula is C67H124NO8P. The van der Waals surface area contributed by atoms with Crippen LogP contribution in [-0.2, 0) is 32.7 Å². The van der Waals surface area contributed by atoms with E-state index in [1.807, 2.05) is 21.1 Å². The standard InChI is InChI=1S/C67H124NO8P/c1-6-8-10-12-14-16-18-20-22-24-25-26-27-28-29-30-31-32-33-34-35-36-37-38-39-40-41-42-43-44-46-48-50-52-54-56-58-60-67(70)76-65(64-75-77(71,72)74-62-61-68(3,4)5)63-73-66(69)59-57-55-53-51-49-47-45-23-21-19-17-15-13-11-9-7-2/h17-20,23-25,27-28,45,65H,6-16,21-22,26,29-44,46-64H2,1-5H3/b19-17-,20-18-,25-24-,28-27-,45-23-. The summed E-state index contributed by atoms with van der Waals surface area (Å²) in [4.78, 5) is 37.9. The third-order valence-corrected chi connectivity index (χ3v) is 15.2. The van der Waals surface area contributed by atoms with Gasteiger partial charge in [-0.05, 0) is 83.5 Å². The van der Waals surface area contributed by atoms with Crippen molar-refractivity contribution in [2.45, 2.75) is 309 Å². The smallest absolute Gasteiger partial charge is 0.306 e. The fraction of sp³-hybridized carbons (Fsp3) is 0.821. The second kappa shape index (κ2) is 58.4. The molecule has 0 amide bonds. The Morgan fingerprint density at radius 3 is 1.05 bits per heavy atom. The Labute approximate surface area is 476 Å². The normalized spacial score (nSPS) is 13.6. The van der Waals surface area contributed by atoms with Gasteiger partial charge in [0.05, 0.1) is 27.7 Å². The molecule has 0 aromatic heterocycles. The van der Waals surface area contributed by atoms with Crippen molar-refractivity contribution in [1.82, 2.24) is 0 Å². The lowest BCUT2D eigenvalue weighted by molar-refractivity contribution is -0.870. The highest BCUT2D eigenvalue weighted by Crippen LogP contribution is 2.38. The maximum Gasteiger partial charge on any atom is 0.306 e. The second-order valence-electron chi connectivity index (χ2n) is 23.1. The molecule has 2 atom stereocenters. The molecule has 0 aliphatic heterocycles. The minimum absolute atomic E-state index is 0.0329. The topological polar surface area (TPSA) is 111 Å². The van der Waals surface area contributed by atoms with Crippen LogP contribution < -0.4 is 4.89 Å². The molecule has 0 saturated heterocycles. The fourth-order valence-corrected chi connectivity index (χ4v) is 9.95. The molecule has 0 bridgehead atoms. The van der Waals surface area contributed by atoms with Crippen molar-refractivity contribution < 1.29 is 42.1 Å². The molecule has 9 nitrogen and oxygen atoms in total. The summed E-state index contributed by atoms with van der Waals surface area (Å²) < 4.78 is 34.2. The maximum atomic E-state index is 12.8. The van der Waals surface area contributed by atoms with Crippen molar-refractivity contribution in [3.05, 3.63) is 60.8 Å². The van der Waals surface area contributed by atoms with E-state index in [-0.39, 0.29) is 26.1 Å². The first-order valence-electron chi connectivity index (χ1n) is 32.5. The van der Waals surface area contributed by atoms with Crippen LogP contribution in [-0.4, -0.2) is 70.0 Å². The van der Waals surface area contributed by atoms with Gasteiger partial charge in [-0.2, -0.15) is 0 Å². The number of quaternary nitrogens is 1. The first kappa shape index (κ1) is 74.7. The minimum atomic E-state index is -4.64. The van der Waals surface area contributed by atoms with Crippen molar-refractivity contribution in [2.24, 2.45) is 0 Å². The number of nitrogens with zero attached hydrogens (tertiary/aromatic N) is 1. The summed E-state index contributed by atoms with van der Waals surface area (Å²) in [5.41, 5.74) is 0. The molecule has 10 heteroatoms. The van der Waals surface area contributed by atoms with E-state index in [4.69, 9.17) is 18.5 Å². The van der Waals surface area contributed by atoms with E-state index in [1.54, 1.807) is 0 Å². The molecular weight excluding hydrogens is 978 g/mol. The van der Waals surface area contributed by atoms with Crippen LogP contribution in [0.15, 0.2) is 60.8 Å². The largest absolute Gasteiger partial charge is 0.756 e. The number of allylic oxidation sites excluding steroid dienone is 10. The number of esters is 2. The molecule has 0 aliphatic carbocycles. The number of ether oxygens (including phenoxy) is 2. The van der Waals surface area contributed by atoms with E-state index in [1.165, 1.54) is 193 Å². The number of carbonyl (C=O) groups excluding carboxylic acids is 2. The van der Waals surface area contributed by atoms with Gasteiger partial charge >= 0.3 is 11.9 Å². The molecule has 2 unspecified atom stereocenters. The summed E-state index contributed by atoms with van der Waals surface area (Å²) in [6, 6.07) is 0. The number of hydrogen-bond acceptors (Lipinski definition) is 8. The Hall–Kier alpha value is -2.29. The van der Waals surface area contributed by atoms with Gasteiger partial charge in [0.1, 0.15) is 19.8 Å². The predicted molar refractivity (Wildman–Crippen MR) is 328 cm³/mol. The van der Waals surface area contributed by atoms with Gasteiger partial charge in [0.25, 0.3) is 7.82 Å². The Balaban J connectivity index is 3.96. The average Bonchev–Trinajstić information content (AvgIpc) is 3.39. The minimum Gasteiger partial charge on any atom is -0.756 e. The van der Waals surface area contributed by atoms with Crippen molar-refractivity contribution in [3.8, 4) is 0 Å². The lowest BCUT2D eigenvalue weighted by Gasteiger charge is -2.28. The van der Waals surface area contributed by atoms with Crippen molar-refractivity contribution in [2.75, 3.05) is 47.5 Å². The summed E-state index contributed by atoms with van der Waals surface area (Å²) in [5, 5.41) is 0. The monoisotopic (exact) mass is 1100 g/mol. The highest BCUT2D eigenvalue weighted by molar-refractivity contribution is 7.45. The SMILES string of the molecule is CCCCCC/C=C\C/C=C\CCCCCCCC(=O)OCC(COP(=O)([O-])OCC[N+](C)(C)C)OC(=O)CCCCCCCCCCCCCCCCCCCCCCCC/C=C\C/C=C\C/C=C\CCCCCCC. The molecule has 0 N–H and O–H groups in total. The molecule has 0 saturated carbocycles. The number of rotatable bonds is 60. The quantitative estimate of drug-likeness (QED) is 0.0195. The molecule has 77 heavy (non-hydrogen) atoms. The first-order chi connectivity index (χ1) is 37.5. The van der Waals surface area contributed by atoms with Crippen LogP contribution in [0.4, 0.5) is 0 Å². The molecule has 0 radical (unpaired) electrons. The van der Waals surface area contributed by atoms with Crippen LogP contribution in [0.1, 0.15) is 303 Å². The molecule has 0 spiro atoms. The van der Waals surface area contributed by atoms with Crippen molar-refractivity contribution in [1.29, 1.82) is 0 Å². The lowest BCUT2D eigenvalue weighted by atomic mass is 10.0. The number of unbranched alkanes of at least 4 members (excludes halogenated alkanes) is 36. The van der Waals surface area contributed by atoms with Crippen molar-refractivity contribution >= 4 is 19.8 Å². The lowest BCUT2D eigenvalue weighted by Crippen LogP contribution is -2.37. The molecule has 0 heterocycles. The van der Waals surface area contributed by atoms with Crippen molar-refractivity contribution in [3.63, 3.8) is 0 Å². The summed E-state index contributed by atoms with van der Waals surface area (Å²) in [5.74, 6) is -0.839. The van der Waals surface area contributed by atoms with Crippen LogP contribution in [0.3, 0.4) is 0 Å². The third kappa shape index (κ3) is 62.8. The van der Waals surface area contributed by atoms with Gasteiger partial charge in [0, 0.05) is 12.8 Å². The molecule has 0 aromatic rings. The number of phosphoric acid groups is 1. The van der Waals surface area contributed by atoms with Crippen LogP contribution >= 0.6 is 7.82 Å². The molecule has 0 aromatic carbocycles. The van der Waals surface area contributed by atoms with E-state index >= 15 is 0 Å². The van der Waals surface area contributed by atoms with Gasteiger partial charge in [0.2, 0.25) is 0 Å². The highest BCUT2D eigenvalue weighted by atomic mass is 31.2. The van der Waals surface area contributed by atoms with Gasteiger partial charge in [-0.25, -0.2) is 0 Å². The number of carbonyl (C=O) groups is 2. The molecule has 450 valence electrons. The Morgan fingerprint density at radius 1 is 0.403 bits per heavy atom. The van der Waals surface area contributed by atoms with Gasteiger partial charge in [-0.15, -0.1) is 0 Å². The fourth-order valence-electron chi connectivity index (χ4n) is 9.23. The van der Waals surface area contributed by atoms with Crippen LogP contribution in [0, 0.1) is 0 Å². The Bertz CT molecular complexity index is 1480. The number of likely N-dealkylation sites (N-methyl/N-ethyl adjacent to an activating group) is 1. The number of hydrogen-bond donors (Lipinski definition) is 0. The first-order valence-corrected chi connectivity index (χ1v) is 34.0. The summed E-state index contributed by atoms with van der Waals surface area (Å²) in [6.07, 6.45) is 75.9. The molecule has 0 rings (SSSR count). The van der Waals surface area contributed by atoms with E-state index in [0.29, 0.717) is 23.9 Å².